The summed E-state index contributed by atoms with van der Waals surface area (Å²) >= 11 is 0. The minimum absolute atomic E-state index is 0.0510. The van der Waals surface area contributed by atoms with E-state index >= 15 is 0 Å². The Kier molecular flexibility index (Phi) is 3.15. The van der Waals surface area contributed by atoms with Crippen molar-refractivity contribution in [2.75, 3.05) is 0 Å². The second-order valence-corrected chi connectivity index (χ2v) is 3.67. The number of carboxylic acid groups (broad SMARTS) is 1. The van der Waals surface area contributed by atoms with Crippen LogP contribution >= 0.6 is 0 Å². The fourth-order valence-corrected chi connectivity index (χ4v) is 1.56. The number of furan rings is 1. The molecule has 0 radical (unpaired) electrons. The Morgan fingerprint density at radius 3 is 2.79 bits per heavy atom. The second-order valence-electron chi connectivity index (χ2n) is 3.67. The van der Waals surface area contributed by atoms with Gasteiger partial charge in [-0.15, -0.1) is 0 Å². The summed E-state index contributed by atoms with van der Waals surface area (Å²) in [5, 5.41) is 19.5. The Balaban J connectivity index is 2.40. The zero-order chi connectivity index (χ0) is 14.0. The lowest BCUT2D eigenvalue weighted by atomic mass is 10.2. The van der Waals surface area contributed by atoms with Crippen LogP contribution in [0.3, 0.4) is 0 Å². The van der Waals surface area contributed by atoms with Gasteiger partial charge in [-0.25, -0.2) is 4.79 Å². The molecule has 0 unspecified atom stereocenters. The minimum Gasteiger partial charge on any atom is -0.478 e. The molecule has 0 aliphatic rings. The third-order valence-corrected chi connectivity index (χ3v) is 2.47. The number of carbonyl (C=O) groups is 1. The Morgan fingerprint density at radius 1 is 1.42 bits per heavy atom. The molecular formula is C11H8N2O6. The number of hydrogen-bond donors (Lipinski definition) is 1. The second kappa shape index (κ2) is 4.77. The van der Waals surface area contributed by atoms with Crippen molar-refractivity contribution in [1.82, 2.24) is 4.57 Å². The lowest BCUT2D eigenvalue weighted by Gasteiger charge is -2.03. The summed E-state index contributed by atoms with van der Waals surface area (Å²) in [7, 11) is 0. The number of aromatic carboxylic acids is 1. The topological polar surface area (TPSA) is 116 Å². The van der Waals surface area contributed by atoms with Crippen LogP contribution in [-0.4, -0.2) is 20.6 Å². The predicted octanol–water partition coefficient (Wildman–Crippen LogP) is 1.10. The van der Waals surface area contributed by atoms with Crippen molar-refractivity contribution in [3.8, 4) is 0 Å². The van der Waals surface area contributed by atoms with Gasteiger partial charge in [-0.3, -0.25) is 14.9 Å². The van der Waals surface area contributed by atoms with Gasteiger partial charge in [0.2, 0.25) is 0 Å². The Morgan fingerprint density at radius 2 is 2.16 bits per heavy atom. The monoisotopic (exact) mass is 264 g/mol. The standard InChI is InChI=1S/C11H8N2O6/c14-10-2-1-7(13(17)18)5-12(10)6-9-8(11(15)16)3-4-19-9/h1-5H,6H2,(H,15,16). The SMILES string of the molecule is O=C(O)c1ccoc1Cn1cc([N+](=O)[O-])ccc1=O. The molecule has 0 amide bonds. The highest BCUT2D eigenvalue weighted by Gasteiger charge is 2.15. The van der Waals surface area contributed by atoms with E-state index in [1.165, 1.54) is 12.3 Å². The zero-order valence-electron chi connectivity index (χ0n) is 9.48. The molecular weight excluding hydrogens is 256 g/mol. The van der Waals surface area contributed by atoms with Gasteiger partial charge in [0, 0.05) is 12.1 Å². The number of nitrogens with zero attached hydrogens (tertiary/aromatic N) is 2. The third-order valence-electron chi connectivity index (χ3n) is 2.47. The van der Waals surface area contributed by atoms with Crippen LogP contribution in [0.15, 0.2) is 39.9 Å². The van der Waals surface area contributed by atoms with Crippen molar-refractivity contribution in [2.45, 2.75) is 6.54 Å². The zero-order valence-corrected chi connectivity index (χ0v) is 9.48. The molecule has 8 nitrogen and oxygen atoms in total. The lowest BCUT2D eigenvalue weighted by Crippen LogP contribution is -2.20. The quantitative estimate of drug-likeness (QED) is 0.652. The Bertz CT molecular complexity index is 699. The highest BCUT2D eigenvalue weighted by molar-refractivity contribution is 5.88. The molecule has 0 aliphatic heterocycles. The maximum atomic E-state index is 11.6. The van der Waals surface area contributed by atoms with Gasteiger partial charge in [0.05, 0.1) is 23.9 Å². The molecule has 0 fully saturated rings. The van der Waals surface area contributed by atoms with E-state index in [1.54, 1.807) is 0 Å². The third kappa shape index (κ3) is 2.51. The van der Waals surface area contributed by atoms with Crippen LogP contribution < -0.4 is 5.56 Å². The van der Waals surface area contributed by atoms with Crippen molar-refractivity contribution in [1.29, 1.82) is 0 Å². The molecule has 0 aromatic carbocycles. The largest absolute Gasteiger partial charge is 0.478 e. The van der Waals surface area contributed by atoms with Crippen molar-refractivity contribution < 1.29 is 19.2 Å². The number of carboxylic acids is 1. The molecule has 2 aromatic heterocycles. The number of nitro groups is 1. The van der Waals surface area contributed by atoms with Gasteiger partial charge in [-0.05, 0) is 6.07 Å². The number of hydrogen-bond acceptors (Lipinski definition) is 5. The van der Waals surface area contributed by atoms with E-state index in [4.69, 9.17) is 9.52 Å². The average molecular weight is 264 g/mol. The van der Waals surface area contributed by atoms with Crippen molar-refractivity contribution in [2.24, 2.45) is 0 Å². The molecule has 98 valence electrons. The first-order chi connectivity index (χ1) is 8.99. The molecule has 2 aromatic rings. The summed E-state index contributed by atoms with van der Waals surface area (Å²) in [6.07, 6.45) is 2.22. The first-order valence-corrected chi connectivity index (χ1v) is 5.13. The van der Waals surface area contributed by atoms with Gasteiger partial charge in [0.25, 0.3) is 11.2 Å². The molecule has 0 atom stereocenters. The van der Waals surface area contributed by atoms with Gasteiger partial charge in [0.15, 0.2) is 0 Å². The predicted molar refractivity (Wildman–Crippen MR) is 62.1 cm³/mol. The van der Waals surface area contributed by atoms with Gasteiger partial charge in [0.1, 0.15) is 11.3 Å². The van der Waals surface area contributed by atoms with Crippen molar-refractivity contribution >= 4 is 11.7 Å². The Labute approximate surface area is 105 Å². The fraction of sp³-hybridized carbons (Fsp3) is 0.0909. The van der Waals surface area contributed by atoms with Crippen LogP contribution in [0, 0.1) is 10.1 Å². The van der Waals surface area contributed by atoms with E-state index in [1.807, 2.05) is 0 Å². The van der Waals surface area contributed by atoms with Crippen LogP contribution in [0.5, 0.6) is 0 Å². The maximum absolute atomic E-state index is 11.6. The molecule has 0 saturated carbocycles. The van der Waals surface area contributed by atoms with Crippen LogP contribution in [0.2, 0.25) is 0 Å². The molecule has 0 bridgehead atoms. The first kappa shape index (κ1) is 12.6. The van der Waals surface area contributed by atoms with E-state index in [0.717, 1.165) is 22.9 Å². The van der Waals surface area contributed by atoms with E-state index in [0.29, 0.717) is 0 Å². The molecule has 0 spiro atoms. The molecule has 2 heterocycles. The maximum Gasteiger partial charge on any atom is 0.339 e. The summed E-state index contributed by atoms with van der Waals surface area (Å²) in [5.41, 5.74) is -0.834. The van der Waals surface area contributed by atoms with Crippen LogP contribution in [0.25, 0.3) is 0 Å². The summed E-state index contributed by atoms with van der Waals surface area (Å²) in [5.74, 6) is -1.14. The molecule has 0 aliphatic carbocycles. The number of aromatic nitrogens is 1. The number of rotatable bonds is 4. The van der Waals surface area contributed by atoms with E-state index in [9.17, 15) is 19.7 Å². The van der Waals surface area contributed by atoms with E-state index < -0.39 is 16.5 Å². The highest BCUT2D eigenvalue weighted by Crippen LogP contribution is 2.13. The molecule has 19 heavy (non-hydrogen) atoms. The average Bonchev–Trinajstić information content (AvgIpc) is 2.80. The summed E-state index contributed by atoms with van der Waals surface area (Å²) in [4.78, 5) is 32.4. The van der Waals surface area contributed by atoms with Crippen LogP contribution in [0.1, 0.15) is 16.1 Å². The summed E-state index contributed by atoms with van der Waals surface area (Å²) in [6.45, 7) is -0.185. The Hall–Kier alpha value is -2.90. The normalized spacial score (nSPS) is 10.3. The smallest absolute Gasteiger partial charge is 0.339 e. The van der Waals surface area contributed by atoms with Crippen LogP contribution in [-0.2, 0) is 6.54 Å². The van der Waals surface area contributed by atoms with E-state index in [2.05, 4.69) is 0 Å². The van der Waals surface area contributed by atoms with Crippen molar-refractivity contribution in [3.05, 3.63) is 62.5 Å². The van der Waals surface area contributed by atoms with Crippen LogP contribution in [0.4, 0.5) is 5.69 Å². The summed E-state index contributed by atoms with van der Waals surface area (Å²) in [6, 6.07) is 3.38. The lowest BCUT2D eigenvalue weighted by molar-refractivity contribution is -0.385. The van der Waals surface area contributed by atoms with Crippen molar-refractivity contribution in [3.63, 3.8) is 0 Å². The molecule has 2 rings (SSSR count). The molecule has 8 heteroatoms. The molecule has 0 saturated heterocycles. The first-order valence-electron chi connectivity index (χ1n) is 5.13. The summed E-state index contributed by atoms with van der Waals surface area (Å²) < 4.78 is 5.99. The molecule has 1 N–H and O–H groups in total. The fourth-order valence-electron chi connectivity index (χ4n) is 1.56. The van der Waals surface area contributed by atoms with Gasteiger partial charge < -0.3 is 14.1 Å². The van der Waals surface area contributed by atoms with Gasteiger partial charge in [-0.1, -0.05) is 0 Å². The van der Waals surface area contributed by atoms with E-state index in [-0.39, 0.29) is 23.6 Å². The van der Waals surface area contributed by atoms with Gasteiger partial charge >= 0.3 is 5.97 Å². The highest BCUT2D eigenvalue weighted by atomic mass is 16.6. The number of pyridine rings is 1. The van der Waals surface area contributed by atoms with Gasteiger partial charge in [-0.2, -0.15) is 0 Å². The minimum atomic E-state index is -1.19.